The molecule has 1 heterocycles. The summed E-state index contributed by atoms with van der Waals surface area (Å²) >= 11 is 0. The van der Waals surface area contributed by atoms with Gasteiger partial charge in [-0.05, 0) is 25.8 Å². The van der Waals surface area contributed by atoms with Crippen molar-refractivity contribution in [3.05, 3.63) is 18.1 Å². The lowest BCUT2D eigenvalue weighted by atomic mass is 10.3. The number of hydrogen-bond donors (Lipinski definition) is 2. The summed E-state index contributed by atoms with van der Waals surface area (Å²) in [5.74, 6) is 1.97. The third-order valence-corrected chi connectivity index (χ3v) is 2.67. The number of aromatic nitrogens is 2. The van der Waals surface area contributed by atoms with E-state index in [9.17, 15) is 0 Å². The van der Waals surface area contributed by atoms with Crippen molar-refractivity contribution in [1.29, 1.82) is 5.41 Å². The Morgan fingerprint density at radius 1 is 1.62 bits per heavy atom. The highest BCUT2D eigenvalue weighted by atomic mass is 15.2. The monoisotopic (exact) mass is 219 g/mol. The number of hydrogen-bond acceptors (Lipinski definition) is 4. The van der Waals surface area contributed by atoms with Gasteiger partial charge in [0.2, 0.25) is 0 Å². The summed E-state index contributed by atoms with van der Waals surface area (Å²) in [5, 5.41) is 7.27. The summed E-state index contributed by atoms with van der Waals surface area (Å²) in [7, 11) is 0. The molecule has 0 amide bonds. The SMILES string of the molecule is Cc1nccc(N(CCC(=N)N)C2CC2)n1. The normalized spacial score (nSPS) is 14.8. The molecule has 0 bridgehead atoms. The first-order valence-corrected chi connectivity index (χ1v) is 5.56. The molecule has 1 aromatic heterocycles. The molecule has 2 rings (SSSR count). The molecule has 5 nitrogen and oxygen atoms in total. The Balaban J connectivity index is 2.09. The fourth-order valence-electron chi connectivity index (χ4n) is 1.71. The molecular formula is C11H17N5. The molecule has 0 atom stereocenters. The van der Waals surface area contributed by atoms with Crippen LogP contribution >= 0.6 is 0 Å². The molecule has 5 heteroatoms. The summed E-state index contributed by atoms with van der Waals surface area (Å²) < 4.78 is 0. The average molecular weight is 219 g/mol. The number of anilines is 1. The first-order chi connectivity index (χ1) is 7.66. The predicted octanol–water partition coefficient (Wildman–Crippen LogP) is 1.08. The smallest absolute Gasteiger partial charge is 0.132 e. The van der Waals surface area contributed by atoms with E-state index in [-0.39, 0.29) is 5.84 Å². The molecule has 1 aliphatic rings. The molecular weight excluding hydrogens is 202 g/mol. The van der Waals surface area contributed by atoms with Gasteiger partial charge in [-0.2, -0.15) is 0 Å². The van der Waals surface area contributed by atoms with Crippen molar-refractivity contribution in [2.75, 3.05) is 11.4 Å². The highest BCUT2D eigenvalue weighted by Gasteiger charge is 2.29. The molecule has 0 spiro atoms. The lowest BCUT2D eigenvalue weighted by molar-refractivity contribution is 0.775. The number of nitrogens with one attached hydrogen (secondary N) is 1. The number of rotatable bonds is 5. The van der Waals surface area contributed by atoms with Crippen LogP contribution in [0.4, 0.5) is 5.82 Å². The maximum atomic E-state index is 7.27. The third kappa shape index (κ3) is 2.68. The predicted molar refractivity (Wildman–Crippen MR) is 63.7 cm³/mol. The van der Waals surface area contributed by atoms with Crippen LogP contribution in [0.25, 0.3) is 0 Å². The number of nitrogens with two attached hydrogens (primary N) is 1. The second kappa shape index (κ2) is 4.47. The van der Waals surface area contributed by atoms with Gasteiger partial charge in [0.25, 0.3) is 0 Å². The summed E-state index contributed by atoms with van der Waals surface area (Å²) in [6.45, 7) is 2.66. The van der Waals surface area contributed by atoms with Crippen molar-refractivity contribution < 1.29 is 0 Å². The van der Waals surface area contributed by atoms with Crippen LogP contribution in [0.5, 0.6) is 0 Å². The van der Waals surface area contributed by atoms with E-state index < -0.39 is 0 Å². The van der Waals surface area contributed by atoms with Crippen molar-refractivity contribution >= 4 is 11.7 Å². The average Bonchev–Trinajstić information content (AvgIpc) is 3.02. The van der Waals surface area contributed by atoms with Crippen LogP contribution in [0, 0.1) is 12.3 Å². The third-order valence-electron chi connectivity index (χ3n) is 2.67. The van der Waals surface area contributed by atoms with E-state index >= 15 is 0 Å². The van der Waals surface area contributed by atoms with E-state index in [0.717, 1.165) is 18.2 Å². The van der Waals surface area contributed by atoms with Crippen LogP contribution in [-0.2, 0) is 0 Å². The van der Waals surface area contributed by atoms with Crippen LogP contribution in [0.1, 0.15) is 25.1 Å². The van der Waals surface area contributed by atoms with Crippen LogP contribution in [0.3, 0.4) is 0 Å². The maximum Gasteiger partial charge on any atom is 0.132 e. The van der Waals surface area contributed by atoms with Gasteiger partial charge < -0.3 is 10.6 Å². The molecule has 1 fully saturated rings. The molecule has 0 aliphatic heterocycles. The summed E-state index contributed by atoms with van der Waals surface area (Å²) in [5.41, 5.74) is 5.39. The molecule has 0 radical (unpaired) electrons. The minimum Gasteiger partial charge on any atom is -0.388 e. The van der Waals surface area contributed by atoms with Gasteiger partial charge in [-0.15, -0.1) is 0 Å². The second-order valence-corrected chi connectivity index (χ2v) is 4.16. The maximum absolute atomic E-state index is 7.27. The van der Waals surface area contributed by atoms with Crippen LogP contribution in [0.15, 0.2) is 12.3 Å². The lowest BCUT2D eigenvalue weighted by Crippen LogP contribution is -2.30. The Morgan fingerprint density at radius 3 is 2.94 bits per heavy atom. The van der Waals surface area contributed by atoms with E-state index in [2.05, 4.69) is 14.9 Å². The summed E-state index contributed by atoms with van der Waals surface area (Å²) in [6, 6.07) is 2.50. The number of nitrogens with zero attached hydrogens (tertiary/aromatic N) is 3. The molecule has 0 aromatic carbocycles. The zero-order valence-electron chi connectivity index (χ0n) is 9.48. The highest BCUT2D eigenvalue weighted by molar-refractivity contribution is 5.77. The zero-order valence-corrected chi connectivity index (χ0v) is 9.48. The first kappa shape index (κ1) is 10.9. The Kier molecular flexibility index (Phi) is 3.03. The quantitative estimate of drug-likeness (QED) is 0.573. The second-order valence-electron chi connectivity index (χ2n) is 4.16. The fraction of sp³-hybridized carbons (Fsp3) is 0.545. The lowest BCUT2D eigenvalue weighted by Gasteiger charge is -2.23. The van der Waals surface area contributed by atoms with Crippen LogP contribution in [-0.4, -0.2) is 28.4 Å². The Labute approximate surface area is 95.2 Å². The van der Waals surface area contributed by atoms with Gasteiger partial charge in [-0.3, -0.25) is 5.41 Å². The van der Waals surface area contributed by atoms with Crippen LogP contribution < -0.4 is 10.6 Å². The van der Waals surface area contributed by atoms with Gasteiger partial charge in [-0.25, -0.2) is 9.97 Å². The Hall–Kier alpha value is -1.65. The standard InChI is InChI=1S/C11H17N5/c1-8-14-6-4-11(15-8)16(9-2-3-9)7-5-10(12)13/h4,6,9H,2-3,5,7H2,1H3,(H3,12,13). The Bertz CT molecular complexity index is 386. The van der Waals surface area contributed by atoms with Crippen molar-refractivity contribution in [2.45, 2.75) is 32.2 Å². The largest absolute Gasteiger partial charge is 0.388 e. The molecule has 1 aliphatic carbocycles. The van der Waals surface area contributed by atoms with E-state index in [1.807, 2.05) is 13.0 Å². The number of amidine groups is 1. The van der Waals surface area contributed by atoms with Crippen molar-refractivity contribution in [3.63, 3.8) is 0 Å². The van der Waals surface area contributed by atoms with Gasteiger partial charge in [0.05, 0.1) is 5.84 Å². The van der Waals surface area contributed by atoms with E-state index in [0.29, 0.717) is 12.5 Å². The summed E-state index contributed by atoms with van der Waals surface area (Å²) in [4.78, 5) is 10.7. The molecule has 1 saturated carbocycles. The molecule has 0 unspecified atom stereocenters. The van der Waals surface area contributed by atoms with E-state index in [4.69, 9.17) is 11.1 Å². The molecule has 16 heavy (non-hydrogen) atoms. The van der Waals surface area contributed by atoms with Crippen molar-refractivity contribution in [1.82, 2.24) is 9.97 Å². The molecule has 0 saturated heterocycles. The first-order valence-electron chi connectivity index (χ1n) is 5.56. The fourth-order valence-corrected chi connectivity index (χ4v) is 1.71. The summed E-state index contributed by atoms with van der Waals surface area (Å²) in [6.07, 6.45) is 4.79. The minimum atomic E-state index is 0.233. The van der Waals surface area contributed by atoms with Crippen molar-refractivity contribution in [2.24, 2.45) is 5.73 Å². The van der Waals surface area contributed by atoms with E-state index in [1.165, 1.54) is 12.8 Å². The van der Waals surface area contributed by atoms with Crippen LogP contribution in [0.2, 0.25) is 0 Å². The van der Waals surface area contributed by atoms with Gasteiger partial charge in [0.1, 0.15) is 11.6 Å². The highest BCUT2D eigenvalue weighted by Crippen LogP contribution is 2.30. The molecule has 86 valence electrons. The van der Waals surface area contributed by atoms with Gasteiger partial charge >= 0.3 is 0 Å². The van der Waals surface area contributed by atoms with Gasteiger partial charge in [-0.1, -0.05) is 0 Å². The molecule has 3 N–H and O–H groups in total. The van der Waals surface area contributed by atoms with E-state index in [1.54, 1.807) is 6.20 Å². The molecule has 1 aromatic rings. The zero-order chi connectivity index (χ0) is 11.5. The topological polar surface area (TPSA) is 78.9 Å². The Morgan fingerprint density at radius 2 is 2.38 bits per heavy atom. The minimum absolute atomic E-state index is 0.233. The van der Waals surface area contributed by atoms with Gasteiger partial charge in [0, 0.05) is 25.2 Å². The van der Waals surface area contributed by atoms with Crippen molar-refractivity contribution in [3.8, 4) is 0 Å². The number of aryl methyl sites for hydroxylation is 1. The van der Waals surface area contributed by atoms with Gasteiger partial charge in [0.15, 0.2) is 0 Å².